The minimum Gasteiger partial charge on any atom is -0.381 e. The molecule has 0 unspecified atom stereocenters. The zero-order valence-electron chi connectivity index (χ0n) is 18.2. The van der Waals surface area contributed by atoms with Gasteiger partial charge < -0.3 is 10.1 Å². The summed E-state index contributed by atoms with van der Waals surface area (Å²) < 4.78 is 5.56. The highest BCUT2D eigenvalue weighted by Crippen LogP contribution is 2.35. The summed E-state index contributed by atoms with van der Waals surface area (Å²) in [4.78, 5) is 39.5. The van der Waals surface area contributed by atoms with Crippen molar-refractivity contribution in [1.29, 1.82) is 0 Å². The van der Waals surface area contributed by atoms with Gasteiger partial charge in [-0.05, 0) is 55.2 Å². The van der Waals surface area contributed by atoms with Gasteiger partial charge >= 0.3 is 0 Å². The second kappa shape index (κ2) is 9.43. The van der Waals surface area contributed by atoms with Crippen LogP contribution in [0.1, 0.15) is 69.2 Å². The van der Waals surface area contributed by atoms with Crippen molar-refractivity contribution in [2.75, 3.05) is 26.3 Å². The topological polar surface area (TPSA) is 75.7 Å². The Hall–Kier alpha value is -2.70. The van der Waals surface area contributed by atoms with Crippen LogP contribution in [0.4, 0.5) is 0 Å². The molecule has 3 amide bonds. The first kappa shape index (κ1) is 22.5. The van der Waals surface area contributed by atoms with Gasteiger partial charge in [0.1, 0.15) is 0 Å². The first-order chi connectivity index (χ1) is 15.4. The molecule has 1 N–H and O–H groups in total. The largest absolute Gasteiger partial charge is 0.381 e. The Kier molecular flexibility index (Phi) is 6.63. The van der Waals surface area contributed by atoms with E-state index in [1.54, 1.807) is 12.1 Å². The maximum atomic E-state index is 13.0. The summed E-state index contributed by atoms with van der Waals surface area (Å²) in [5.41, 5.74) is 1.85. The third-order valence-electron chi connectivity index (χ3n) is 6.44. The molecule has 0 aliphatic carbocycles. The number of carbonyl (C=O) groups excluding carboxylic acids is 3. The van der Waals surface area contributed by atoms with Gasteiger partial charge in [-0.3, -0.25) is 19.3 Å². The predicted molar refractivity (Wildman–Crippen MR) is 122 cm³/mol. The number of benzene rings is 2. The van der Waals surface area contributed by atoms with Gasteiger partial charge in [-0.1, -0.05) is 37.1 Å². The van der Waals surface area contributed by atoms with Crippen LogP contribution in [0.3, 0.4) is 0 Å². The Morgan fingerprint density at radius 2 is 1.84 bits per heavy atom. The second-order valence-corrected chi connectivity index (χ2v) is 8.90. The first-order valence-corrected chi connectivity index (χ1v) is 11.5. The summed E-state index contributed by atoms with van der Waals surface area (Å²) in [7, 11) is 0. The lowest BCUT2D eigenvalue weighted by Gasteiger charge is -2.38. The summed E-state index contributed by atoms with van der Waals surface area (Å²) in [6.45, 7) is 4.07. The molecule has 168 valence electrons. The fraction of sp³-hybridized carbons (Fsp3) is 0.400. The average Bonchev–Trinajstić information content (AvgIpc) is 3.05. The van der Waals surface area contributed by atoms with E-state index in [0.29, 0.717) is 48.0 Å². The number of halogens is 1. The number of amides is 3. The van der Waals surface area contributed by atoms with Crippen LogP contribution < -0.4 is 5.32 Å². The highest BCUT2D eigenvalue weighted by molar-refractivity contribution is 6.30. The van der Waals surface area contributed by atoms with Crippen molar-refractivity contribution in [2.45, 2.75) is 38.0 Å². The molecule has 6 nitrogen and oxygen atoms in total. The lowest BCUT2D eigenvalue weighted by Crippen LogP contribution is -2.44. The maximum Gasteiger partial charge on any atom is 0.261 e. The SMILES string of the molecule is CCCCN1C(=O)c2ccc(C(=O)NCC3(c4cccc(Cl)c4)CCOCC3)cc2C1=O. The van der Waals surface area contributed by atoms with Crippen molar-refractivity contribution in [1.82, 2.24) is 10.2 Å². The number of hydrogen-bond donors (Lipinski definition) is 1. The summed E-state index contributed by atoms with van der Waals surface area (Å²) in [5.74, 6) is -0.881. The fourth-order valence-electron chi connectivity index (χ4n) is 4.45. The highest BCUT2D eigenvalue weighted by atomic mass is 35.5. The van der Waals surface area contributed by atoms with Crippen LogP contribution in [0.2, 0.25) is 5.02 Å². The van der Waals surface area contributed by atoms with Crippen LogP contribution in [0, 0.1) is 0 Å². The smallest absolute Gasteiger partial charge is 0.261 e. The molecule has 2 aliphatic heterocycles. The van der Waals surface area contributed by atoms with E-state index in [9.17, 15) is 14.4 Å². The number of carbonyl (C=O) groups is 3. The average molecular weight is 455 g/mol. The standard InChI is InChI=1S/C25H27ClN2O4/c1-2-3-11-28-23(30)20-8-7-17(14-21(20)24(28)31)22(29)27-16-25(9-12-32-13-10-25)18-5-4-6-19(26)15-18/h4-8,14-15H,2-3,9-13,16H2,1H3,(H,27,29). The molecular formula is C25H27ClN2O4. The Morgan fingerprint density at radius 1 is 1.09 bits per heavy atom. The molecule has 0 bridgehead atoms. The number of rotatable bonds is 7. The van der Waals surface area contributed by atoms with Gasteiger partial charge in [0, 0.05) is 42.3 Å². The van der Waals surface area contributed by atoms with Gasteiger partial charge in [-0.25, -0.2) is 0 Å². The molecule has 2 heterocycles. The molecule has 0 radical (unpaired) electrons. The van der Waals surface area contributed by atoms with Crippen molar-refractivity contribution < 1.29 is 19.1 Å². The van der Waals surface area contributed by atoms with Crippen LogP contribution in [0.25, 0.3) is 0 Å². The van der Waals surface area contributed by atoms with Crippen molar-refractivity contribution >= 4 is 29.3 Å². The molecule has 2 aromatic carbocycles. The Balaban J connectivity index is 1.52. The number of hydrogen-bond acceptors (Lipinski definition) is 4. The van der Waals surface area contributed by atoms with Crippen molar-refractivity contribution in [3.8, 4) is 0 Å². The maximum absolute atomic E-state index is 13.0. The summed E-state index contributed by atoms with van der Waals surface area (Å²) in [6.07, 6.45) is 3.20. The molecule has 4 rings (SSSR count). The Morgan fingerprint density at radius 3 is 2.56 bits per heavy atom. The number of ether oxygens (including phenoxy) is 1. The molecule has 0 atom stereocenters. The number of nitrogens with one attached hydrogen (secondary N) is 1. The van der Waals surface area contributed by atoms with Crippen LogP contribution in [0.15, 0.2) is 42.5 Å². The molecule has 0 saturated carbocycles. The zero-order chi connectivity index (χ0) is 22.7. The molecular weight excluding hydrogens is 428 g/mol. The molecule has 1 saturated heterocycles. The number of imide groups is 1. The van der Waals surface area contributed by atoms with Crippen molar-refractivity contribution in [3.05, 3.63) is 69.7 Å². The van der Waals surface area contributed by atoms with Gasteiger partial charge in [0.2, 0.25) is 0 Å². The van der Waals surface area contributed by atoms with Crippen molar-refractivity contribution in [3.63, 3.8) is 0 Å². The molecule has 1 fully saturated rings. The zero-order valence-corrected chi connectivity index (χ0v) is 18.9. The van der Waals surface area contributed by atoms with Gasteiger partial charge in [0.15, 0.2) is 0 Å². The molecule has 2 aromatic rings. The van der Waals surface area contributed by atoms with Gasteiger partial charge in [0.25, 0.3) is 17.7 Å². The van der Waals surface area contributed by atoms with E-state index in [-0.39, 0.29) is 23.1 Å². The van der Waals surface area contributed by atoms with E-state index in [0.717, 1.165) is 31.2 Å². The van der Waals surface area contributed by atoms with Gasteiger partial charge in [-0.15, -0.1) is 0 Å². The van der Waals surface area contributed by atoms with Gasteiger partial charge in [-0.2, -0.15) is 0 Å². The molecule has 0 aromatic heterocycles. The lowest BCUT2D eigenvalue weighted by atomic mass is 9.74. The van der Waals surface area contributed by atoms with Gasteiger partial charge in [0.05, 0.1) is 11.1 Å². The molecule has 32 heavy (non-hydrogen) atoms. The number of unbranched alkanes of at least 4 members (excludes halogenated alkanes) is 1. The van der Waals surface area contributed by atoms with Crippen LogP contribution in [-0.4, -0.2) is 48.9 Å². The Labute approximate surface area is 192 Å². The molecule has 2 aliphatic rings. The lowest BCUT2D eigenvalue weighted by molar-refractivity contribution is 0.0487. The van der Waals surface area contributed by atoms with E-state index in [4.69, 9.17) is 16.3 Å². The third-order valence-corrected chi connectivity index (χ3v) is 6.68. The van der Waals surface area contributed by atoms with E-state index in [1.165, 1.54) is 11.0 Å². The summed E-state index contributed by atoms with van der Waals surface area (Å²) >= 11 is 6.23. The normalized spacial score (nSPS) is 17.4. The van der Waals surface area contributed by atoms with E-state index < -0.39 is 0 Å². The summed E-state index contributed by atoms with van der Waals surface area (Å²) in [5, 5.41) is 3.70. The quantitative estimate of drug-likeness (QED) is 0.636. The highest BCUT2D eigenvalue weighted by Gasteiger charge is 2.37. The van der Waals surface area contributed by atoms with E-state index >= 15 is 0 Å². The van der Waals surface area contributed by atoms with Crippen LogP contribution in [-0.2, 0) is 10.2 Å². The predicted octanol–water partition coefficient (Wildman–Crippen LogP) is 4.21. The Bertz CT molecular complexity index is 1050. The van der Waals surface area contributed by atoms with Crippen LogP contribution >= 0.6 is 11.6 Å². The van der Waals surface area contributed by atoms with Crippen LogP contribution in [0.5, 0.6) is 0 Å². The number of nitrogens with zero attached hydrogens (tertiary/aromatic N) is 1. The second-order valence-electron chi connectivity index (χ2n) is 8.46. The van der Waals surface area contributed by atoms with E-state index in [2.05, 4.69) is 5.32 Å². The monoisotopic (exact) mass is 454 g/mol. The minimum atomic E-state index is -0.326. The van der Waals surface area contributed by atoms with Crippen molar-refractivity contribution in [2.24, 2.45) is 0 Å². The molecule has 0 spiro atoms. The third kappa shape index (κ3) is 4.30. The number of fused-ring (bicyclic) bond motifs is 1. The first-order valence-electron chi connectivity index (χ1n) is 11.1. The minimum absolute atomic E-state index is 0.266. The molecule has 7 heteroatoms. The fourth-order valence-corrected chi connectivity index (χ4v) is 4.64. The summed E-state index contributed by atoms with van der Waals surface area (Å²) in [6, 6.07) is 12.5. The van der Waals surface area contributed by atoms with E-state index in [1.807, 2.05) is 31.2 Å².